The lowest BCUT2D eigenvalue weighted by atomic mass is 10.1. The van der Waals surface area contributed by atoms with Gasteiger partial charge >= 0.3 is 0 Å². The van der Waals surface area contributed by atoms with E-state index < -0.39 is 0 Å². The molecule has 0 bridgehead atoms. The highest BCUT2D eigenvalue weighted by Crippen LogP contribution is 2.12. The van der Waals surface area contributed by atoms with E-state index in [4.69, 9.17) is 0 Å². The van der Waals surface area contributed by atoms with Crippen LogP contribution in [-0.2, 0) is 4.79 Å². The molecule has 2 saturated heterocycles. The molecule has 2 fully saturated rings. The van der Waals surface area contributed by atoms with Crippen molar-refractivity contribution in [1.82, 2.24) is 15.1 Å². The van der Waals surface area contributed by atoms with Crippen molar-refractivity contribution in [2.24, 2.45) is 0 Å². The molecule has 98 valence electrons. The SMILES string of the molecule is CN1CCCN(CCCC2CCCN2)CC1=O. The number of rotatable bonds is 4. The van der Waals surface area contributed by atoms with Gasteiger partial charge in [0.15, 0.2) is 0 Å². The summed E-state index contributed by atoms with van der Waals surface area (Å²) in [5, 5.41) is 3.53. The maximum atomic E-state index is 11.7. The number of hydrogen-bond donors (Lipinski definition) is 1. The molecule has 0 aromatic heterocycles. The number of carbonyl (C=O) groups is 1. The first-order valence-corrected chi connectivity index (χ1v) is 6.95. The Hall–Kier alpha value is -0.610. The predicted octanol–water partition coefficient (Wildman–Crippen LogP) is 0.683. The van der Waals surface area contributed by atoms with Gasteiger partial charge in [-0.05, 0) is 45.2 Å². The van der Waals surface area contributed by atoms with Gasteiger partial charge in [-0.15, -0.1) is 0 Å². The minimum atomic E-state index is 0.279. The van der Waals surface area contributed by atoms with E-state index in [1.54, 1.807) is 0 Å². The minimum absolute atomic E-state index is 0.279. The van der Waals surface area contributed by atoms with Crippen LogP contribution in [0.25, 0.3) is 0 Å². The fourth-order valence-electron chi connectivity index (χ4n) is 2.80. The molecule has 2 rings (SSSR count). The molecule has 1 amide bonds. The van der Waals surface area contributed by atoms with Crippen LogP contribution >= 0.6 is 0 Å². The third-order valence-electron chi connectivity index (χ3n) is 3.94. The summed E-state index contributed by atoms with van der Waals surface area (Å²) in [7, 11) is 1.91. The quantitative estimate of drug-likeness (QED) is 0.784. The number of amides is 1. The van der Waals surface area contributed by atoms with Gasteiger partial charge in [-0.2, -0.15) is 0 Å². The lowest BCUT2D eigenvalue weighted by Crippen LogP contribution is -2.35. The second kappa shape index (κ2) is 6.36. The Labute approximate surface area is 104 Å². The Morgan fingerprint density at radius 1 is 1.35 bits per heavy atom. The first kappa shape index (κ1) is 12.8. The van der Waals surface area contributed by atoms with E-state index in [-0.39, 0.29) is 5.91 Å². The molecule has 0 radical (unpaired) electrons. The van der Waals surface area contributed by atoms with Gasteiger partial charge in [-0.1, -0.05) is 0 Å². The monoisotopic (exact) mass is 239 g/mol. The summed E-state index contributed by atoms with van der Waals surface area (Å²) in [5.74, 6) is 0.279. The smallest absolute Gasteiger partial charge is 0.236 e. The van der Waals surface area contributed by atoms with Crippen LogP contribution in [0.3, 0.4) is 0 Å². The van der Waals surface area contributed by atoms with Gasteiger partial charge in [0, 0.05) is 26.2 Å². The molecule has 1 N–H and O–H groups in total. The van der Waals surface area contributed by atoms with Crippen LogP contribution in [0.4, 0.5) is 0 Å². The van der Waals surface area contributed by atoms with E-state index in [1.165, 1.54) is 32.2 Å². The Bertz CT molecular complexity index is 251. The summed E-state index contributed by atoms with van der Waals surface area (Å²) < 4.78 is 0. The van der Waals surface area contributed by atoms with Crippen molar-refractivity contribution in [2.45, 2.75) is 38.1 Å². The fraction of sp³-hybridized carbons (Fsp3) is 0.923. The predicted molar refractivity (Wildman–Crippen MR) is 69.0 cm³/mol. The first-order valence-electron chi connectivity index (χ1n) is 6.95. The largest absolute Gasteiger partial charge is 0.345 e. The standard InChI is InChI=1S/C13H25N3O/c1-15-8-4-10-16(11-13(15)17)9-3-6-12-5-2-7-14-12/h12,14H,2-11H2,1H3. The zero-order valence-corrected chi connectivity index (χ0v) is 11.0. The lowest BCUT2D eigenvalue weighted by molar-refractivity contribution is -0.129. The lowest BCUT2D eigenvalue weighted by Gasteiger charge is -2.20. The second-order valence-corrected chi connectivity index (χ2v) is 5.38. The van der Waals surface area contributed by atoms with Gasteiger partial charge in [0.2, 0.25) is 5.91 Å². The van der Waals surface area contributed by atoms with Crippen molar-refractivity contribution < 1.29 is 4.79 Å². The van der Waals surface area contributed by atoms with Gasteiger partial charge < -0.3 is 10.2 Å². The van der Waals surface area contributed by atoms with E-state index in [1.807, 2.05) is 11.9 Å². The zero-order chi connectivity index (χ0) is 12.1. The van der Waals surface area contributed by atoms with E-state index in [0.29, 0.717) is 6.54 Å². The summed E-state index contributed by atoms with van der Waals surface area (Å²) >= 11 is 0. The Morgan fingerprint density at radius 3 is 3.00 bits per heavy atom. The van der Waals surface area contributed by atoms with Crippen LogP contribution in [0, 0.1) is 0 Å². The molecule has 0 aliphatic carbocycles. The molecule has 1 atom stereocenters. The summed E-state index contributed by atoms with van der Waals surface area (Å²) in [5.41, 5.74) is 0. The summed E-state index contributed by atoms with van der Waals surface area (Å²) in [6.07, 6.45) is 6.26. The van der Waals surface area contributed by atoms with Crippen molar-refractivity contribution in [2.75, 3.05) is 39.8 Å². The molecule has 0 aromatic carbocycles. The second-order valence-electron chi connectivity index (χ2n) is 5.38. The highest BCUT2D eigenvalue weighted by atomic mass is 16.2. The number of hydrogen-bond acceptors (Lipinski definition) is 3. The number of nitrogens with one attached hydrogen (secondary N) is 1. The van der Waals surface area contributed by atoms with E-state index in [9.17, 15) is 4.79 Å². The van der Waals surface area contributed by atoms with Crippen molar-refractivity contribution in [3.63, 3.8) is 0 Å². The highest BCUT2D eigenvalue weighted by Gasteiger charge is 2.19. The first-order chi connectivity index (χ1) is 8.25. The number of carbonyl (C=O) groups excluding carboxylic acids is 1. The Kier molecular flexibility index (Phi) is 4.80. The summed E-state index contributed by atoms with van der Waals surface area (Å²) in [6.45, 7) is 4.89. The molecule has 2 aliphatic rings. The van der Waals surface area contributed by atoms with Crippen molar-refractivity contribution in [3.05, 3.63) is 0 Å². The van der Waals surface area contributed by atoms with Crippen LogP contribution in [0.15, 0.2) is 0 Å². The molecule has 17 heavy (non-hydrogen) atoms. The van der Waals surface area contributed by atoms with Crippen LogP contribution in [0.1, 0.15) is 32.1 Å². The van der Waals surface area contributed by atoms with Gasteiger partial charge in [-0.3, -0.25) is 9.69 Å². The van der Waals surface area contributed by atoms with E-state index in [2.05, 4.69) is 10.2 Å². The summed E-state index contributed by atoms with van der Waals surface area (Å²) in [4.78, 5) is 15.9. The Morgan fingerprint density at radius 2 is 2.24 bits per heavy atom. The maximum absolute atomic E-state index is 11.7. The average molecular weight is 239 g/mol. The van der Waals surface area contributed by atoms with Gasteiger partial charge in [0.05, 0.1) is 6.54 Å². The molecule has 2 heterocycles. The van der Waals surface area contributed by atoms with Crippen molar-refractivity contribution in [1.29, 1.82) is 0 Å². The van der Waals surface area contributed by atoms with Crippen LogP contribution in [0.5, 0.6) is 0 Å². The molecule has 4 heteroatoms. The molecular formula is C13H25N3O. The third kappa shape index (κ3) is 3.96. The van der Waals surface area contributed by atoms with Gasteiger partial charge in [0.25, 0.3) is 0 Å². The molecule has 0 aromatic rings. The maximum Gasteiger partial charge on any atom is 0.236 e. The molecule has 0 saturated carbocycles. The topological polar surface area (TPSA) is 35.6 Å². The van der Waals surface area contributed by atoms with E-state index in [0.717, 1.165) is 32.1 Å². The Balaban J connectivity index is 1.65. The molecule has 4 nitrogen and oxygen atoms in total. The average Bonchev–Trinajstić information content (AvgIpc) is 2.76. The fourth-order valence-corrected chi connectivity index (χ4v) is 2.80. The summed E-state index contributed by atoms with van der Waals surface area (Å²) in [6, 6.07) is 0.736. The third-order valence-corrected chi connectivity index (χ3v) is 3.94. The van der Waals surface area contributed by atoms with Crippen LogP contribution in [0.2, 0.25) is 0 Å². The minimum Gasteiger partial charge on any atom is -0.345 e. The van der Waals surface area contributed by atoms with Crippen LogP contribution < -0.4 is 5.32 Å². The van der Waals surface area contributed by atoms with Gasteiger partial charge in [-0.25, -0.2) is 0 Å². The number of nitrogens with zero attached hydrogens (tertiary/aromatic N) is 2. The van der Waals surface area contributed by atoms with Crippen LogP contribution in [-0.4, -0.2) is 61.5 Å². The van der Waals surface area contributed by atoms with Crippen molar-refractivity contribution >= 4 is 5.91 Å². The van der Waals surface area contributed by atoms with E-state index >= 15 is 0 Å². The molecule has 1 unspecified atom stereocenters. The highest BCUT2D eigenvalue weighted by molar-refractivity contribution is 5.78. The number of likely N-dealkylation sites (N-methyl/N-ethyl adjacent to an activating group) is 1. The zero-order valence-electron chi connectivity index (χ0n) is 11.0. The molecular weight excluding hydrogens is 214 g/mol. The van der Waals surface area contributed by atoms with Crippen molar-refractivity contribution in [3.8, 4) is 0 Å². The molecule has 0 spiro atoms. The van der Waals surface area contributed by atoms with Gasteiger partial charge in [0.1, 0.15) is 0 Å². The molecule has 2 aliphatic heterocycles. The normalized spacial score (nSPS) is 27.5.